The number of aromatic amines is 1. The first kappa shape index (κ1) is 24.2. The highest BCUT2D eigenvalue weighted by Gasteiger charge is 2.26. The van der Waals surface area contributed by atoms with Crippen molar-refractivity contribution in [1.82, 2.24) is 19.6 Å². The zero-order chi connectivity index (χ0) is 24.1. The third-order valence-corrected chi connectivity index (χ3v) is 8.36. The first-order chi connectivity index (χ1) is 16.4. The Hall–Kier alpha value is -2.91. The number of benzene rings is 2. The maximum absolute atomic E-state index is 13.2. The lowest BCUT2D eigenvalue weighted by atomic mass is 10.1. The van der Waals surface area contributed by atoms with Crippen LogP contribution in [0.4, 0.5) is 5.69 Å². The summed E-state index contributed by atoms with van der Waals surface area (Å²) in [5, 5.41) is 2.99. The van der Waals surface area contributed by atoms with Crippen LogP contribution in [0.15, 0.2) is 47.4 Å². The molecule has 182 valence electrons. The molecule has 0 radical (unpaired) electrons. The number of H-pyrrole nitrogens is 1. The smallest absolute Gasteiger partial charge is 0.253 e. The summed E-state index contributed by atoms with van der Waals surface area (Å²) < 4.78 is 27.5. The third kappa shape index (κ3) is 5.10. The minimum Gasteiger partial charge on any atom is -0.371 e. The predicted molar refractivity (Wildman–Crippen MR) is 135 cm³/mol. The van der Waals surface area contributed by atoms with Gasteiger partial charge >= 0.3 is 0 Å². The van der Waals surface area contributed by atoms with E-state index in [2.05, 4.69) is 20.2 Å². The summed E-state index contributed by atoms with van der Waals surface area (Å²) in [4.78, 5) is 23.4. The average molecular weight is 484 g/mol. The number of amides is 1. The number of imidazole rings is 1. The van der Waals surface area contributed by atoms with Gasteiger partial charge in [0.05, 0.1) is 21.5 Å². The summed E-state index contributed by atoms with van der Waals surface area (Å²) in [6.07, 6.45) is 3.57. The first-order valence-corrected chi connectivity index (χ1v) is 13.5. The summed E-state index contributed by atoms with van der Waals surface area (Å²) in [6, 6.07) is 12.8. The normalized spacial score (nSPS) is 14.3. The molecule has 1 aromatic heterocycles. The van der Waals surface area contributed by atoms with Crippen molar-refractivity contribution in [3.63, 3.8) is 0 Å². The fraction of sp³-hybridized carbons (Fsp3) is 0.440. The number of nitrogens with zero attached hydrogens (tertiary/aromatic N) is 3. The summed E-state index contributed by atoms with van der Waals surface area (Å²) >= 11 is 0. The van der Waals surface area contributed by atoms with E-state index in [0.717, 1.165) is 54.9 Å². The number of fused-ring (bicyclic) bond motifs is 1. The van der Waals surface area contributed by atoms with E-state index < -0.39 is 10.0 Å². The highest BCUT2D eigenvalue weighted by Crippen LogP contribution is 2.28. The monoisotopic (exact) mass is 483 g/mol. The molecule has 1 aliphatic rings. The lowest BCUT2D eigenvalue weighted by Crippen LogP contribution is -2.32. The van der Waals surface area contributed by atoms with Gasteiger partial charge in [0.25, 0.3) is 5.91 Å². The molecule has 2 N–H and O–H groups in total. The van der Waals surface area contributed by atoms with Gasteiger partial charge in [0, 0.05) is 44.8 Å². The number of sulfonamides is 1. The van der Waals surface area contributed by atoms with Crippen molar-refractivity contribution >= 4 is 32.7 Å². The van der Waals surface area contributed by atoms with E-state index in [4.69, 9.17) is 0 Å². The molecule has 0 spiro atoms. The standard InChI is InChI=1S/C25H33N5O3S/c1-3-30(4-2)34(32,33)19-13-14-23(29-16-7-8-17-29)20(18-19)25(31)26-15-9-12-24-27-21-10-5-6-11-22(21)28-24/h5-6,10-11,13-14,18H,3-4,7-9,12,15-17H2,1-2H3,(H,26,31)(H,27,28). The molecule has 1 amide bonds. The summed E-state index contributed by atoms with van der Waals surface area (Å²) in [5.41, 5.74) is 3.15. The molecule has 34 heavy (non-hydrogen) atoms. The molecule has 0 atom stereocenters. The first-order valence-electron chi connectivity index (χ1n) is 12.0. The lowest BCUT2D eigenvalue weighted by Gasteiger charge is -2.23. The Balaban J connectivity index is 1.48. The van der Waals surface area contributed by atoms with E-state index in [9.17, 15) is 13.2 Å². The Morgan fingerprint density at radius 1 is 1.12 bits per heavy atom. The number of rotatable bonds is 10. The Bertz CT molecular complexity index is 1210. The molecule has 1 saturated heterocycles. The number of carbonyl (C=O) groups is 1. The molecule has 1 aliphatic heterocycles. The Morgan fingerprint density at radius 2 is 1.85 bits per heavy atom. The van der Waals surface area contributed by atoms with Crippen molar-refractivity contribution in [2.24, 2.45) is 0 Å². The number of hydrogen-bond acceptors (Lipinski definition) is 5. The van der Waals surface area contributed by atoms with E-state index in [0.29, 0.717) is 31.6 Å². The van der Waals surface area contributed by atoms with Crippen LogP contribution in [-0.4, -0.2) is 61.3 Å². The van der Waals surface area contributed by atoms with Gasteiger partial charge in [-0.3, -0.25) is 4.79 Å². The molecule has 1 fully saturated rings. The van der Waals surface area contributed by atoms with E-state index in [1.165, 1.54) is 10.4 Å². The third-order valence-electron chi connectivity index (χ3n) is 6.32. The van der Waals surface area contributed by atoms with Gasteiger partial charge in [-0.15, -0.1) is 0 Å². The molecule has 2 heterocycles. The van der Waals surface area contributed by atoms with Crippen molar-refractivity contribution in [3.05, 3.63) is 53.9 Å². The number of aryl methyl sites for hydroxylation is 1. The fourth-order valence-corrected chi connectivity index (χ4v) is 5.97. The number of anilines is 1. The molecule has 2 aromatic carbocycles. The topological polar surface area (TPSA) is 98.4 Å². The molecule has 0 bridgehead atoms. The SMILES string of the molecule is CCN(CC)S(=O)(=O)c1ccc(N2CCCC2)c(C(=O)NCCCc2nc3ccccc3[nH]2)c1. The Kier molecular flexibility index (Phi) is 7.53. The summed E-state index contributed by atoms with van der Waals surface area (Å²) in [6.45, 7) is 6.61. The van der Waals surface area contributed by atoms with Crippen LogP contribution in [0.3, 0.4) is 0 Å². The molecule has 0 unspecified atom stereocenters. The molecule has 4 rings (SSSR count). The second-order valence-corrected chi connectivity index (χ2v) is 10.5. The highest BCUT2D eigenvalue weighted by atomic mass is 32.2. The highest BCUT2D eigenvalue weighted by molar-refractivity contribution is 7.89. The summed E-state index contributed by atoms with van der Waals surface area (Å²) in [5.74, 6) is 0.642. The van der Waals surface area contributed by atoms with Crippen LogP contribution in [0.25, 0.3) is 11.0 Å². The number of carbonyl (C=O) groups excluding carboxylic acids is 1. The van der Waals surface area contributed by atoms with E-state index in [-0.39, 0.29) is 10.8 Å². The van der Waals surface area contributed by atoms with E-state index in [1.807, 2.05) is 38.1 Å². The van der Waals surface area contributed by atoms with E-state index >= 15 is 0 Å². The van der Waals surface area contributed by atoms with Gasteiger partial charge in [-0.2, -0.15) is 4.31 Å². The molecule has 9 heteroatoms. The Morgan fingerprint density at radius 3 is 2.56 bits per heavy atom. The van der Waals surface area contributed by atoms with Gasteiger partial charge in [-0.05, 0) is 49.6 Å². The van der Waals surface area contributed by atoms with Crippen molar-refractivity contribution < 1.29 is 13.2 Å². The van der Waals surface area contributed by atoms with Crippen LogP contribution >= 0.6 is 0 Å². The molecule has 0 saturated carbocycles. The minimum absolute atomic E-state index is 0.159. The number of aromatic nitrogens is 2. The largest absolute Gasteiger partial charge is 0.371 e. The second-order valence-electron chi connectivity index (χ2n) is 8.52. The van der Waals surface area contributed by atoms with Crippen LogP contribution in [0, 0.1) is 0 Å². The van der Waals surface area contributed by atoms with Crippen molar-refractivity contribution in [2.45, 2.75) is 44.4 Å². The van der Waals surface area contributed by atoms with E-state index in [1.54, 1.807) is 12.1 Å². The quantitative estimate of drug-likeness (QED) is 0.430. The Labute approximate surface area is 201 Å². The maximum Gasteiger partial charge on any atom is 0.253 e. The van der Waals surface area contributed by atoms with Gasteiger partial charge in [0.15, 0.2) is 0 Å². The van der Waals surface area contributed by atoms with Gasteiger partial charge < -0.3 is 15.2 Å². The van der Waals surface area contributed by atoms with Crippen molar-refractivity contribution in [2.75, 3.05) is 37.6 Å². The summed E-state index contributed by atoms with van der Waals surface area (Å²) in [7, 11) is -3.65. The second kappa shape index (κ2) is 10.6. The average Bonchev–Trinajstić information content (AvgIpc) is 3.52. The van der Waals surface area contributed by atoms with Crippen LogP contribution in [-0.2, 0) is 16.4 Å². The van der Waals surface area contributed by atoms with Crippen LogP contribution in [0.2, 0.25) is 0 Å². The number of nitrogens with one attached hydrogen (secondary N) is 2. The fourth-order valence-electron chi connectivity index (χ4n) is 4.48. The predicted octanol–water partition coefficient (Wildman–Crippen LogP) is 3.56. The van der Waals surface area contributed by atoms with Gasteiger partial charge in [0.1, 0.15) is 5.82 Å². The van der Waals surface area contributed by atoms with Gasteiger partial charge in [-0.1, -0.05) is 26.0 Å². The zero-order valence-corrected chi connectivity index (χ0v) is 20.7. The minimum atomic E-state index is -3.65. The van der Waals surface area contributed by atoms with Crippen LogP contribution in [0.5, 0.6) is 0 Å². The molecule has 3 aromatic rings. The van der Waals surface area contributed by atoms with Crippen molar-refractivity contribution in [1.29, 1.82) is 0 Å². The molecular formula is C25H33N5O3S. The molecular weight excluding hydrogens is 450 g/mol. The zero-order valence-electron chi connectivity index (χ0n) is 19.9. The van der Waals surface area contributed by atoms with Crippen LogP contribution in [0.1, 0.15) is 49.3 Å². The molecule has 8 nitrogen and oxygen atoms in total. The van der Waals surface area contributed by atoms with Gasteiger partial charge in [-0.25, -0.2) is 13.4 Å². The maximum atomic E-state index is 13.2. The molecule has 0 aliphatic carbocycles. The van der Waals surface area contributed by atoms with Crippen LogP contribution < -0.4 is 10.2 Å². The number of para-hydroxylation sites is 2. The number of hydrogen-bond donors (Lipinski definition) is 2. The lowest BCUT2D eigenvalue weighted by molar-refractivity contribution is 0.0953. The van der Waals surface area contributed by atoms with Crippen molar-refractivity contribution in [3.8, 4) is 0 Å². The van der Waals surface area contributed by atoms with Gasteiger partial charge in [0.2, 0.25) is 10.0 Å².